The highest BCUT2D eigenvalue weighted by molar-refractivity contribution is 7.15. The van der Waals surface area contributed by atoms with Gasteiger partial charge in [0.2, 0.25) is 0 Å². The Morgan fingerprint density at radius 1 is 1.10 bits per heavy atom. The summed E-state index contributed by atoms with van der Waals surface area (Å²) in [5.74, 6) is 8.41. The van der Waals surface area contributed by atoms with Crippen molar-refractivity contribution in [2.45, 2.75) is 33.0 Å². The maximum atomic E-state index is 6.15. The van der Waals surface area contributed by atoms with Crippen LogP contribution in [0.3, 0.4) is 0 Å². The number of pyridine rings is 1. The second kappa shape index (κ2) is 7.86. The third-order valence-electron chi connectivity index (χ3n) is 5.21. The van der Waals surface area contributed by atoms with Gasteiger partial charge in [-0.1, -0.05) is 42.2 Å². The lowest BCUT2D eigenvalue weighted by Crippen LogP contribution is -2.04. The molecule has 1 aromatic carbocycles. The first-order valence-electron chi connectivity index (χ1n) is 9.85. The second-order valence-corrected chi connectivity index (χ2v) is 8.23. The average molecular weight is 413 g/mol. The second-order valence-electron chi connectivity index (χ2n) is 7.24. The Morgan fingerprint density at radius 3 is 2.70 bits per heavy atom. The fourth-order valence-corrected chi connectivity index (χ4v) is 4.88. The van der Waals surface area contributed by atoms with Crippen LogP contribution in [0.25, 0.3) is 5.00 Å². The van der Waals surface area contributed by atoms with E-state index in [-0.39, 0.29) is 6.10 Å². The maximum absolute atomic E-state index is 6.15. The highest BCUT2D eigenvalue weighted by atomic mass is 32.1. The van der Waals surface area contributed by atoms with E-state index in [9.17, 15) is 0 Å². The fourth-order valence-electron chi connectivity index (χ4n) is 3.64. The van der Waals surface area contributed by atoms with Gasteiger partial charge < -0.3 is 4.74 Å². The lowest BCUT2D eigenvalue weighted by Gasteiger charge is -2.09. The monoisotopic (exact) mass is 412 g/mol. The fraction of sp³-hybridized carbons (Fsp3) is 0.208. The lowest BCUT2D eigenvalue weighted by molar-refractivity contribution is 0.0493. The zero-order valence-electron chi connectivity index (χ0n) is 16.8. The van der Waals surface area contributed by atoms with Crippen molar-refractivity contribution in [3.8, 4) is 16.8 Å². The first-order chi connectivity index (χ1) is 14.7. The molecule has 5 rings (SSSR count). The van der Waals surface area contributed by atoms with Crippen molar-refractivity contribution in [2.24, 2.45) is 0 Å². The van der Waals surface area contributed by atoms with E-state index in [4.69, 9.17) is 4.74 Å². The molecule has 148 valence electrons. The molecule has 0 saturated heterocycles. The van der Waals surface area contributed by atoms with E-state index < -0.39 is 0 Å². The van der Waals surface area contributed by atoms with E-state index in [0.29, 0.717) is 6.61 Å². The van der Waals surface area contributed by atoms with E-state index in [1.807, 2.05) is 32.0 Å². The van der Waals surface area contributed by atoms with Gasteiger partial charge in [-0.15, -0.1) is 21.5 Å². The highest BCUT2D eigenvalue weighted by Crippen LogP contribution is 2.39. The summed E-state index contributed by atoms with van der Waals surface area (Å²) in [6, 6.07) is 14.3. The standard InChI is InChI=1S/C24H20N4OS/c1-16-23-27-26-17(2)28(23)24-21(15-29-16)20(14-19-6-4-3-5-7-19)22(30-24)9-8-18-10-12-25-13-11-18/h3-7,10-13,16H,14-15H2,1-2H3/t16-/m0/s1. The van der Waals surface area contributed by atoms with Crippen LogP contribution in [0.15, 0.2) is 54.9 Å². The molecule has 0 unspecified atom stereocenters. The topological polar surface area (TPSA) is 52.8 Å². The Kier molecular flexibility index (Phi) is 4.91. The molecule has 5 nitrogen and oxygen atoms in total. The largest absolute Gasteiger partial charge is 0.366 e. The smallest absolute Gasteiger partial charge is 0.167 e. The van der Waals surface area contributed by atoms with Gasteiger partial charge in [-0.25, -0.2) is 0 Å². The van der Waals surface area contributed by atoms with E-state index in [1.54, 1.807) is 23.7 Å². The molecule has 0 saturated carbocycles. The van der Waals surface area contributed by atoms with Gasteiger partial charge in [-0.3, -0.25) is 9.55 Å². The molecule has 4 aromatic rings. The van der Waals surface area contributed by atoms with Crippen molar-refractivity contribution in [2.75, 3.05) is 0 Å². The lowest BCUT2D eigenvalue weighted by atomic mass is 10.0. The summed E-state index contributed by atoms with van der Waals surface area (Å²) in [6.07, 6.45) is 4.23. The molecule has 0 spiro atoms. The Morgan fingerprint density at radius 2 is 1.90 bits per heavy atom. The number of aryl methyl sites for hydroxylation is 1. The number of hydrogen-bond donors (Lipinski definition) is 0. The van der Waals surface area contributed by atoms with Crippen LogP contribution in [0.4, 0.5) is 0 Å². The average Bonchev–Trinajstić information content (AvgIpc) is 3.28. The number of ether oxygens (including phenoxy) is 1. The Hall–Kier alpha value is -3.27. The van der Waals surface area contributed by atoms with Crippen molar-refractivity contribution < 1.29 is 4.74 Å². The van der Waals surface area contributed by atoms with Crippen LogP contribution >= 0.6 is 11.3 Å². The zero-order chi connectivity index (χ0) is 20.5. The van der Waals surface area contributed by atoms with Crippen LogP contribution in [-0.2, 0) is 17.8 Å². The Bertz CT molecular complexity index is 1250. The number of aromatic nitrogens is 4. The molecule has 0 amide bonds. The third-order valence-corrected chi connectivity index (χ3v) is 6.39. The zero-order valence-corrected chi connectivity index (χ0v) is 17.6. The van der Waals surface area contributed by atoms with Crippen molar-refractivity contribution in [3.63, 3.8) is 0 Å². The summed E-state index contributed by atoms with van der Waals surface area (Å²) in [7, 11) is 0. The van der Waals surface area contributed by atoms with Crippen LogP contribution in [0, 0.1) is 18.8 Å². The number of fused-ring (bicyclic) bond motifs is 3. The predicted molar refractivity (Wildman–Crippen MR) is 117 cm³/mol. The summed E-state index contributed by atoms with van der Waals surface area (Å²) in [5.41, 5.74) is 4.60. The van der Waals surface area contributed by atoms with Gasteiger partial charge in [0.25, 0.3) is 0 Å². The van der Waals surface area contributed by atoms with Crippen molar-refractivity contribution in [3.05, 3.63) is 93.6 Å². The molecule has 0 N–H and O–H groups in total. The van der Waals surface area contributed by atoms with Crippen molar-refractivity contribution in [1.82, 2.24) is 19.7 Å². The summed E-state index contributed by atoms with van der Waals surface area (Å²) >= 11 is 1.69. The molecule has 0 fully saturated rings. The van der Waals surface area contributed by atoms with E-state index >= 15 is 0 Å². The van der Waals surface area contributed by atoms with Crippen molar-refractivity contribution in [1.29, 1.82) is 0 Å². The number of nitrogens with zero attached hydrogens (tertiary/aromatic N) is 4. The van der Waals surface area contributed by atoms with Crippen LogP contribution in [0.5, 0.6) is 0 Å². The molecule has 30 heavy (non-hydrogen) atoms. The van der Waals surface area contributed by atoms with E-state index in [2.05, 4.69) is 55.9 Å². The van der Waals surface area contributed by atoms with Crippen LogP contribution < -0.4 is 0 Å². The maximum Gasteiger partial charge on any atom is 0.167 e. The minimum Gasteiger partial charge on any atom is -0.366 e. The normalized spacial score (nSPS) is 14.9. The summed E-state index contributed by atoms with van der Waals surface area (Å²) < 4.78 is 8.28. The van der Waals surface area contributed by atoms with Gasteiger partial charge in [0.15, 0.2) is 5.82 Å². The minimum absolute atomic E-state index is 0.110. The Labute approximate surface area is 179 Å². The van der Waals surface area contributed by atoms with Gasteiger partial charge in [0, 0.05) is 23.5 Å². The van der Waals surface area contributed by atoms with Crippen LogP contribution in [0.1, 0.15) is 51.8 Å². The number of benzene rings is 1. The number of thiophene rings is 1. The third kappa shape index (κ3) is 3.43. The molecule has 0 bridgehead atoms. The van der Waals surface area contributed by atoms with Gasteiger partial charge in [0.1, 0.15) is 16.9 Å². The van der Waals surface area contributed by atoms with Crippen LogP contribution in [0.2, 0.25) is 0 Å². The molecule has 1 atom stereocenters. The summed E-state index contributed by atoms with van der Waals surface area (Å²) in [4.78, 5) is 5.13. The van der Waals surface area contributed by atoms with E-state index in [1.165, 1.54) is 16.7 Å². The first-order valence-corrected chi connectivity index (χ1v) is 10.7. The van der Waals surface area contributed by atoms with Gasteiger partial charge >= 0.3 is 0 Å². The molecule has 4 heterocycles. The van der Waals surface area contributed by atoms with Gasteiger partial charge in [0.05, 0.1) is 11.5 Å². The van der Waals surface area contributed by atoms with Crippen LogP contribution in [-0.4, -0.2) is 19.7 Å². The summed E-state index contributed by atoms with van der Waals surface area (Å²) in [6.45, 7) is 4.55. The predicted octanol–water partition coefficient (Wildman–Crippen LogP) is 4.61. The molecule has 1 aliphatic rings. The van der Waals surface area contributed by atoms with Gasteiger partial charge in [-0.2, -0.15) is 0 Å². The molecule has 1 aliphatic heterocycles. The van der Waals surface area contributed by atoms with E-state index in [0.717, 1.165) is 33.5 Å². The quantitative estimate of drug-likeness (QED) is 0.451. The molecular formula is C24H20N4OS. The first kappa shape index (κ1) is 18.7. The molecule has 3 aromatic heterocycles. The summed E-state index contributed by atoms with van der Waals surface area (Å²) in [5, 5.41) is 9.78. The SMILES string of the molecule is Cc1nnc2n1-c1sc(C#Cc3ccncc3)c(Cc3ccccc3)c1CO[C@H]2C. The van der Waals surface area contributed by atoms with Gasteiger partial charge in [-0.05, 0) is 43.5 Å². The minimum atomic E-state index is -0.110. The highest BCUT2D eigenvalue weighted by Gasteiger charge is 2.28. The van der Waals surface area contributed by atoms with Crippen molar-refractivity contribution >= 4 is 11.3 Å². The Balaban J connectivity index is 1.68. The number of hydrogen-bond acceptors (Lipinski definition) is 5. The number of rotatable bonds is 2. The molecule has 0 aliphatic carbocycles. The molecule has 6 heteroatoms. The molecular weight excluding hydrogens is 392 g/mol. The molecule has 0 radical (unpaired) electrons.